The molecule has 10 heteroatoms. The lowest BCUT2D eigenvalue weighted by atomic mass is 9.95. The zero-order valence-electron chi connectivity index (χ0n) is 21.3. The van der Waals surface area contributed by atoms with E-state index in [0.717, 1.165) is 58.5 Å². The van der Waals surface area contributed by atoms with Gasteiger partial charge in [0.1, 0.15) is 16.8 Å². The summed E-state index contributed by atoms with van der Waals surface area (Å²) in [6.07, 6.45) is 3.60. The van der Waals surface area contributed by atoms with Gasteiger partial charge in [0.15, 0.2) is 5.69 Å². The van der Waals surface area contributed by atoms with E-state index in [4.69, 9.17) is 10.2 Å². The molecule has 1 fully saturated rings. The molecule has 0 bridgehead atoms. The van der Waals surface area contributed by atoms with Gasteiger partial charge in [-0.1, -0.05) is 42.5 Å². The molecule has 6 rings (SSSR count). The van der Waals surface area contributed by atoms with E-state index in [1.54, 1.807) is 22.9 Å². The van der Waals surface area contributed by atoms with Crippen LogP contribution in [-0.4, -0.2) is 30.0 Å². The molecule has 3 aromatic carbocycles. The normalized spacial score (nSPS) is 13.8. The highest BCUT2D eigenvalue weighted by Crippen LogP contribution is 2.38. The first-order valence-electron chi connectivity index (χ1n) is 12.8. The third-order valence-electron chi connectivity index (χ3n) is 6.99. The van der Waals surface area contributed by atoms with Crippen LogP contribution in [0.2, 0.25) is 0 Å². The molecular weight excluding hydrogens is 547 g/mol. The van der Waals surface area contributed by atoms with Gasteiger partial charge in [-0.2, -0.15) is 5.10 Å². The highest BCUT2D eigenvalue weighted by atomic mass is 32.2. The Kier molecular flexibility index (Phi) is 7.14. The number of hydrogen-bond donors (Lipinski definition) is 2. The Hall–Kier alpha value is -3.99. The van der Waals surface area contributed by atoms with Crippen molar-refractivity contribution in [3.63, 3.8) is 0 Å². The highest BCUT2D eigenvalue weighted by molar-refractivity contribution is 7.82. The topological polar surface area (TPSA) is 111 Å². The van der Waals surface area contributed by atoms with E-state index < -0.39 is 17.0 Å². The quantitative estimate of drug-likeness (QED) is 0.224. The van der Waals surface area contributed by atoms with Gasteiger partial charge in [0.05, 0.1) is 16.3 Å². The zero-order valence-corrected chi connectivity index (χ0v) is 22.9. The molecule has 0 saturated heterocycles. The highest BCUT2D eigenvalue weighted by Gasteiger charge is 2.29. The molecule has 2 aromatic heterocycles. The van der Waals surface area contributed by atoms with Crippen LogP contribution in [0.4, 0.5) is 4.39 Å². The summed E-state index contributed by atoms with van der Waals surface area (Å²) < 4.78 is 27.5. The van der Waals surface area contributed by atoms with Crippen LogP contribution in [0.5, 0.6) is 0 Å². The monoisotopic (exact) mass is 572 g/mol. The Balaban J connectivity index is 1.51. The number of halogens is 1. The molecule has 1 saturated carbocycles. The van der Waals surface area contributed by atoms with Crippen molar-refractivity contribution >= 4 is 28.3 Å². The molecule has 1 aliphatic carbocycles. The number of carboxylic acids is 1. The maximum Gasteiger partial charge on any atom is 0.355 e. The molecule has 2 heterocycles. The van der Waals surface area contributed by atoms with Gasteiger partial charge in [0.25, 0.3) is 0 Å². The van der Waals surface area contributed by atoms with Crippen LogP contribution >= 0.6 is 11.3 Å². The van der Waals surface area contributed by atoms with Crippen molar-refractivity contribution in [2.75, 3.05) is 0 Å². The third kappa shape index (κ3) is 5.51. The summed E-state index contributed by atoms with van der Waals surface area (Å²) in [5, 5.41) is 22.1. The lowest BCUT2D eigenvalue weighted by Gasteiger charge is -2.10. The number of carbonyl (C=O) groups is 1. The van der Waals surface area contributed by atoms with Gasteiger partial charge in [-0.05, 0) is 72.2 Å². The number of carboxylic acid groups (broad SMARTS) is 1. The number of rotatable bonds is 9. The predicted octanol–water partition coefficient (Wildman–Crippen LogP) is 6.02. The number of nitrogens with two attached hydrogens (primary N) is 1. The molecular formula is C30H25FN4O3S2. The molecule has 0 aliphatic heterocycles. The third-order valence-corrected chi connectivity index (χ3v) is 8.54. The second-order valence-corrected chi connectivity index (χ2v) is 11.8. The summed E-state index contributed by atoms with van der Waals surface area (Å²) in [5.41, 5.74) is 6.22. The number of benzene rings is 3. The van der Waals surface area contributed by atoms with Crippen molar-refractivity contribution in [2.24, 2.45) is 11.1 Å². The number of thiazole rings is 1. The van der Waals surface area contributed by atoms with Gasteiger partial charge in [-0.25, -0.2) is 28.2 Å². The predicted molar refractivity (Wildman–Crippen MR) is 153 cm³/mol. The van der Waals surface area contributed by atoms with Gasteiger partial charge in [0.2, 0.25) is 5.13 Å². The fraction of sp³-hybridized carbons (Fsp3) is 0.167. The molecule has 1 atom stereocenters. The molecule has 1 unspecified atom stereocenters. The molecule has 0 spiro atoms. The average molecular weight is 573 g/mol. The number of hydrogen-bond acceptors (Lipinski definition) is 5. The first kappa shape index (κ1) is 26.2. The Morgan fingerprint density at radius 3 is 2.40 bits per heavy atom. The fourth-order valence-corrected chi connectivity index (χ4v) is 5.96. The van der Waals surface area contributed by atoms with Crippen molar-refractivity contribution in [2.45, 2.75) is 30.6 Å². The van der Waals surface area contributed by atoms with Crippen molar-refractivity contribution in [1.82, 2.24) is 14.8 Å². The summed E-state index contributed by atoms with van der Waals surface area (Å²) in [6.45, 7) is 0. The minimum absolute atomic E-state index is 0.0190. The first-order valence-corrected chi connectivity index (χ1v) is 14.9. The Morgan fingerprint density at radius 1 is 1.05 bits per heavy atom. The standard InChI is InChI=1S/C30H25FN4O3S2/c31-23-6-2-4-21(16-23)20-3-1-5-22(15-20)28-25(13-18-9-11-24(12-10-18)40(32)38)27(14-19-7-8-19)35(34-28)30-33-26(17-39-30)29(36)37/h1-6,9-12,15-17,19H,7-8,13-14,32H2,(H,36,37). The van der Waals surface area contributed by atoms with Crippen LogP contribution in [0, 0.1) is 11.7 Å². The van der Waals surface area contributed by atoms with E-state index >= 15 is 0 Å². The first-order chi connectivity index (χ1) is 19.4. The molecule has 40 heavy (non-hydrogen) atoms. The maximum absolute atomic E-state index is 14.0. The van der Waals surface area contributed by atoms with Gasteiger partial charge in [-0.3, -0.25) is 0 Å². The van der Waals surface area contributed by atoms with Crippen LogP contribution in [0.25, 0.3) is 27.5 Å². The van der Waals surface area contributed by atoms with E-state index in [1.807, 2.05) is 42.5 Å². The van der Waals surface area contributed by atoms with Gasteiger partial charge in [-0.15, -0.1) is 11.3 Å². The van der Waals surface area contributed by atoms with E-state index in [-0.39, 0.29) is 11.5 Å². The molecule has 3 N–H and O–H groups in total. The van der Waals surface area contributed by atoms with Crippen LogP contribution < -0.4 is 5.14 Å². The molecule has 202 valence electrons. The van der Waals surface area contributed by atoms with Crippen LogP contribution in [-0.2, 0) is 23.8 Å². The summed E-state index contributed by atoms with van der Waals surface area (Å²) in [6, 6.07) is 21.7. The van der Waals surface area contributed by atoms with E-state index in [9.17, 15) is 18.5 Å². The molecule has 0 amide bonds. The van der Waals surface area contributed by atoms with Crippen molar-refractivity contribution in [3.8, 4) is 27.5 Å². The van der Waals surface area contributed by atoms with E-state index in [2.05, 4.69) is 4.98 Å². The van der Waals surface area contributed by atoms with Crippen LogP contribution in [0.1, 0.15) is 40.2 Å². The minimum atomic E-state index is -1.56. The van der Waals surface area contributed by atoms with Crippen molar-refractivity contribution in [3.05, 3.63) is 107 Å². The smallest absolute Gasteiger partial charge is 0.355 e. The summed E-state index contributed by atoms with van der Waals surface area (Å²) in [5.74, 6) is -0.861. The molecule has 7 nitrogen and oxygen atoms in total. The zero-order chi connectivity index (χ0) is 27.8. The largest absolute Gasteiger partial charge is 0.476 e. The van der Waals surface area contributed by atoms with Crippen molar-refractivity contribution < 1.29 is 18.5 Å². The van der Waals surface area contributed by atoms with E-state index in [0.29, 0.717) is 22.4 Å². The number of aromatic nitrogens is 3. The van der Waals surface area contributed by atoms with Gasteiger partial charge in [0, 0.05) is 22.9 Å². The minimum Gasteiger partial charge on any atom is -0.476 e. The van der Waals surface area contributed by atoms with E-state index in [1.165, 1.54) is 28.8 Å². The van der Waals surface area contributed by atoms with Crippen LogP contribution in [0.15, 0.2) is 83.1 Å². The summed E-state index contributed by atoms with van der Waals surface area (Å²) >= 11 is 1.24. The Labute approximate surface area is 236 Å². The SMILES string of the molecule is NS(=O)c1ccc(Cc2c(-c3cccc(-c4cccc(F)c4)c3)nn(-c3nc(C(=O)O)cs3)c2CC2CC2)cc1. The Bertz CT molecular complexity index is 1740. The second kappa shape index (κ2) is 10.9. The van der Waals surface area contributed by atoms with Gasteiger partial charge < -0.3 is 5.11 Å². The maximum atomic E-state index is 14.0. The summed E-state index contributed by atoms with van der Waals surface area (Å²) in [4.78, 5) is 16.5. The second-order valence-electron chi connectivity index (χ2n) is 9.86. The lowest BCUT2D eigenvalue weighted by molar-refractivity contribution is 0.0691. The molecule has 5 aromatic rings. The van der Waals surface area contributed by atoms with Crippen molar-refractivity contribution in [1.29, 1.82) is 0 Å². The Morgan fingerprint density at radius 2 is 1.75 bits per heavy atom. The molecule has 1 aliphatic rings. The summed E-state index contributed by atoms with van der Waals surface area (Å²) in [7, 11) is -1.56. The fourth-order valence-electron chi connectivity index (χ4n) is 4.79. The lowest BCUT2D eigenvalue weighted by Crippen LogP contribution is -2.06. The number of aromatic carboxylic acids is 1. The van der Waals surface area contributed by atoms with Gasteiger partial charge >= 0.3 is 5.97 Å². The number of nitrogens with zero attached hydrogens (tertiary/aromatic N) is 3. The average Bonchev–Trinajstić information content (AvgIpc) is 3.51. The molecule has 0 radical (unpaired) electrons. The van der Waals surface area contributed by atoms with Crippen LogP contribution in [0.3, 0.4) is 0 Å².